The largest absolute Gasteiger partial charge is 0.497 e. The molecule has 2 aromatic carbocycles. The van der Waals surface area contributed by atoms with Crippen LogP contribution in [0.15, 0.2) is 54.6 Å². The quantitative estimate of drug-likeness (QED) is 0.527. The van der Waals surface area contributed by atoms with Crippen LogP contribution in [0.4, 0.5) is 0 Å². The van der Waals surface area contributed by atoms with Gasteiger partial charge in [0, 0.05) is 26.7 Å². The fraction of sp³-hybridized carbons (Fsp3) is 0.571. The first-order chi connectivity index (χ1) is 17.4. The lowest BCUT2D eigenvalue weighted by molar-refractivity contribution is -0.467. The van der Waals surface area contributed by atoms with E-state index in [0.29, 0.717) is 19.6 Å². The van der Waals surface area contributed by atoms with Crippen LogP contribution in [0.2, 0.25) is 0 Å². The van der Waals surface area contributed by atoms with Gasteiger partial charge in [-0.05, 0) is 43.5 Å². The summed E-state index contributed by atoms with van der Waals surface area (Å²) >= 11 is 0. The molecule has 2 aromatic rings. The highest BCUT2D eigenvalue weighted by molar-refractivity contribution is 5.26. The Morgan fingerprint density at radius 1 is 0.806 bits per heavy atom. The molecule has 0 bridgehead atoms. The zero-order chi connectivity index (χ0) is 25.8. The van der Waals surface area contributed by atoms with Gasteiger partial charge in [-0.2, -0.15) is 0 Å². The Kier molecular flexibility index (Phi) is 8.67. The van der Waals surface area contributed by atoms with Crippen molar-refractivity contribution in [1.82, 2.24) is 0 Å². The van der Waals surface area contributed by atoms with Crippen LogP contribution in [0, 0.1) is 5.92 Å². The number of benzene rings is 2. The lowest BCUT2D eigenvalue weighted by Crippen LogP contribution is -2.71. The van der Waals surface area contributed by atoms with E-state index in [0.717, 1.165) is 16.9 Å². The molecule has 198 valence electrons. The number of ether oxygens (including phenoxy) is 7. The number of fused-ring (bicyclic) bond motifs is 1. The van der Waals surface area contributed by atoms with Crippen molar-refractivity contribution in [2.75, 3.05) is 27.9 Å². The maximum absolute atomic E-state index is 10.3. The number of aliphatic hydroxyl groups excluding tert-OH is 1. The van der Waals surface area contributed by atoms with Crippen LogP contribution in [-0.2, 0) is 41.6 Å². The minimum Gasteiger partial charge on any atom is -0.497 e. The van der Waals surface area contributed by atoms with E-state index >= 15 is 0 Å². The minimum atomic E-state index is -1.20. The fourth-order valence-corrected chi connectivity index (χ4v) is 4.97. The summed E-state index contributed by atoms with van der Waals surface area (Å²) in [6.07, 6.45) is -1.29. The Balaban J connectivity index is 1.60. The summed E-state index contributed by atoms with van der Waals surface area (Å²) in [5.41, 5.74) is 2.05. The van der Waals surface area contributed by atoms with Gasteiger partial charge < -0.3 is 38.3 Å². The lowest BCUT2D eigenvalue weighted by atomic mass is 9.79. The average Bonchev–Trinajstić information content (AvgIpc) is 2.92. The summed E-state index contributed by atoms with van der Waals surface area (Å²) in [6, 6.07) is 17.7. The van der Waals surface area contributed by atoms with E-state index in [1.54, 1.807) is 35.2 Å². The summed E-state index contributed by atoms with van der Waals surface area (Å²) in [5, 5.41) is 10.3. The number of aliphatic hydroxyl groups is 1. The fourth-order valence-electron chi connectivity index (χ4n) is 4.97. The Morgan fingerprint density at radius 3 is 1.97 bits per heavy atom. The summed E-state index contributed by atoms with van der Waals surface area (Å²) in [7, 11) is 4.76. The molecule has 1 saturated heterocycles. The normalized spacial score (nSPS) is 34.2. The van der Waals surface area contributed by atoms with Crippen molar-refractivity contribution in [3.8, 4) is 5.75 Å². The molecule has 36 heavy (non-hydrogen) atoms. The van der Waals surface area contributed by atoms with Crippen LogP contribution >= 0.6 is 0 Å². The molecular weight excluding hydrogens is 464 g/mol. The van der Waals surface area contributed by atoms with Crippen LogP contribution in [0.1, 0.15) is 31.4 Å². The zero-order valence-corrected chi connectivity index (χ0v) is 21.7. The molecule has 0 amide bonds. The number of rotatable bonds is 10. The van der Waals surface area contributed by atoms with E-state index < -0.39 is 29.9 Å². The Hall–Kier alpha value is -2.04. The smallest absolute Gasteiger partial charge is 0.220 e. The van der Waals surface area contributed by atoms with Crippen LogP contribution < -0.4 is 4.74 Å². The van der Waals surface area contributed by atoms with Gasteiger partial charge in [-0.15, -0.1) is 0 Å². The molecule has 2 aliphatic rings. The second-order valence-corrected chi connectivity index (χ2v) is 9.60. The van der Waals surface area contributed by atoms with Gasteiger partial charge in [0.25, 0.3) is 0 Å². The van der Waals surface area contributed by atoms with Crippen LogP contribution in [0.3, 0.4) is 0 Å². The topological polar surface area (TPSA) is 84.8 Å². The molecule has 1 aliphatic carbocycles. The summed E-state index contributed by atoms with van der Waals surface area (Å²) in [5.74, 6) is -1.82. The van der Waals surface area contributed by atoms with Gasteiger partial charge in [0.2, 0.25) is 11.6 Å². The third-order valence-electron chi connectivity index (χ3n) is 7.48. The molecule has 7 atom stereocenters. The van der Waals surface area contributed by atoms with Gasteiger partial charge in [0.15, 0.2) is 0 Å². The van der Waals surface area contributed by atoms with Crippen molar-refractivity contribution < 1.29 is 38.3 Å². The monoisotopic (exact) mass is 502 g/mol. The van der Waals surface area contributed by atoms with Gasteiger partial charge in [0.05, 0.1) is 32.5 Å². The van der Waals surface area contributed by atoms with Gasteiger partial charge in [-0.1, -0.05) is 42.5 Å². The van der Waals surface area contributed by atoms with Gasteiger partial charge >= 0.3 is 0 Å². The molecule has 8 nitrogen and oxygen atoms in total. The van der Waals surface area contributed by atoms with E-state index in [4.69, 9.17) is 33.2 Å². The maximum Gasteiger partial charge on any atom is 0.220 e. The third kappa shape index (κ3) is 5.45. The first-order valence-electron chi connectivity index (χ1n) is 12.3. The standard InChI is InChI=1S/C28H38O8/c1-27(31-4)28(2,32-5)36-26-24(35-27)21(16-29)15-23(33-17-19-9-7-6-8-10-19)25(26)34-18-20-11-13-22(30-3)14-12-20/h6-14,21,23-26,29H,15-18H2,1-5H3/t21-,23-,24+,25+,26-,27-,28-/m0/s1. The van der Waals surface area contributed by atoms with E-state index in [9.17, 15) is 5.11 Å². The first-order valence-corrected chi connectivity index (χ1v) is 12.3. The molecule has 1 heterocycles. The summed E-state index contributed by atoms with van der Waals surface area (Å²) in [6.45, 7) is 4.26. The number of hydrogen-bond donors (Lipinski definition) is 1. The second-order valence-electron chi connectivity index (χ2n) is 9.60. The molecule has 0 aromatic heterocycles. The molecule has 1 saturated carbocycles. The molecule has 0 radical (unpaired) electrons. The van der Waals surface area contributed by atoms with E-state index in [2.05, 4.69) is 0 Å². The van der Waals surface area contributed by atoms with Crippen molar-refractivity contribution in [2.24, 2.45) is 5.92 Å². The van der Waals surface area contributed by atoms with Crippen molar-refractivity contribution in [1.29, 1.82) is 0 Å². The van der Waals surface area contributed by atoms with Gasteiger partial charge in [0.1, 0.15) is 18.0 Å². The Bertz CT molecular complexity index is 954. The molecule has 2 fully saturated rings. The van der Waals surface area contributed by atoms with Crippen molar-refractivity contribution in [3.05, 3.63) is 65.7 Å². The zero-order valence-electron chi connectivity index (χ0n) is 21.7. The summed E-state index contributed by atoms with van der Waals surface area (Å²) in [4.78, 5) is 0. The minimum absolute atomic E-state index is 0.0790. The van der Waals surface area contributed by atoms with Crippen LogP contribution in [0.5, 0.6) is 5.75 Å². The number of hydrogen-bond acceptors (Lipinski definition) is 8. The van der Waals surface area contributed by atoms with Gasteiger partial charge in [-0.25, -0.2) is 0 Å². The molecule has 0 spiro atoms. The van der Waals surface area contributed by atoms with Gasteiger partial charge in [-0.3, -0.25) is 0 Å². The highest BCUT2D eigenvalue weighted by atomic mass is 16.8. The van der Waals surface area contributed by atoms with Crippen LogP contribution in [0.25, 0.3) is 0 Å². The SMILES string of the molecule is COc1ccc(CO[C@H]2[C@H]3O[C@](C)(OC)[C@@](C)(OC)O[C@@H]3[C@H](CO)C[C@@H]2OCc2ccccc2)cc1. The molecule has 4 rings (SSSR count). The lowest BCUT2D eigenvalue weighted by Gasteiger charge is -2.57. The van der Waals surface area contributed by atoms with E-state index in [-0.39, 0.29) is 18.6 Å². The maximum atomic E-state index is 10.3. The van der Waals surface area contributed by atoms with Crippen molar-refractivity contribution in [2.45, 2.75) is 69.5 Å². The van der Waals surface area contributed by atoms with Crippen LogP contribution in [-0.4, -0.2) is 69.0 Å². The Labute approximate surface area is 213 Å². The average molecular weight is 503 g/mol. The highest BCUT2D eigenvalue weighted by Gasteiger charge is 2.62. The second kappa shape index (κ2) is 11.6. The predicted molar refractivity (Wildman–Crippen MR) is 132 cm³/mol. The van der Waals surface area contributed by atoms with Crippen molar-refractivity contribution >= 4 is 0 Å². The molecular formula is C28H38O8. The molecule has 1 N–H and O–H groups in total. The molecule has 1 aliphatic heterocycles. The number of methoxy groups -OCH3 is 3. The third-order valence-corrected chi connectivity index (χ3v) is 7.48. The van der Waals surface area contributed by atoms with E-state index in [1.165, 1.54) is 0 Å². The molecule has 8 heteroatoms. The summed E-state index contributed by atoms with van der Waals surface area (Å²) < 4.78 is 42.7. The predicted octanol–water partition coefficient (Wildman–Crippen LogP) is 3.69. The highest BCUT2D eigenvalue weighted by Crippen LogP contribution is 2.46. The Morgan fingerprint density at radius 2 is 1.39 bits per heavy atom. The first kappa shape index (κ1) is 27.0. The molecule has 0 unspecified atom stereocenters. The van der Waals surface area contributed by atoms with Crippen molar-refractivity contribution in [3.63, 3.8) is 0 Å². The van der Waals surface area contributed by atoms with E-state index in [1.807, 2.05) is 54.6 Å².